The van der Waals surface area contributed by atoms with E-state index in [-0.39, 0.29) is 29.5 Å². The zero-order chi connectivity index (χ0) is 23.1. The van der Waals surface area contributed by atoms with Gasteiger partial charge in [-0.3, -0.25) is 14.6 Å². The Hall–Kier alpha value is -4.47. The molecule has 2 aromatic carbocycles. The van der Waals surface area contributed by atoms with Gasteiger partial charge in [0.25, 0.3) is 5.91 Å². The molecule has 32 heavy (non-hydrogen) atoms. The van der Waals surface area contributed by atoms with E-state index >= 15 is 0 Å². The first kappa shape index (κ1) is 22.2. The highest BCUT2D eigenvalue weighted by molar-refractivity contribution is 5.99. The number of aromatic nitrogens is 1. The number of carboxylic acids is 1. The predicted octanol–water partition coefficient (Wildman–Crippen LogP) is 3.64. The lowest BCUT2D eigenvalue weighted by Crippen LogP contribution is -2.20. The zero-order valence-corrected chi connectivity index (χ0v) is 16.9. The van der Waals surface area contributed by atoms with Gasteiger partial charge < -0.3 is 25.8 Å². The number of halogens is 1. The molecule has 0 spiro atoms. The number of carboxylic acid groups (broad SMARTS) is 1. The van der Waals surface area contributed by atoms with Gasteiger partial charge in [-0.15, -0.1) is 0 Å². The van der Waals surface area contributed by atoms with Crippen molar-refractivity contribution in [3.8, 4) is 11.5 Å². The normalized spacial score (nSPS) is 10.2. The summed E-state index contributed by atoms with van der Waals surface area (Å²) in [7, 11) is 1.48. The van der Waals surface area contributed by atoms with Gasteiger partial charge >= 0.3 is 12.0 Å². The van der Waals surface area contributed by atoms with Gasteiger partial charge in [0.05, 0.1) is 12.1 Å². The molecule has 0 atom stereocenters. The minimum atomic E-state index is -0.956. The van der Waals surface area contributed by atoms with Gasteiger partial charge in [0.15, 0.2) is 0 Å². The molecule has 9 nitrogen and oxygen atoms in total. The van der Waals surface area contributed by atoms with E-state index in [4.69, 9.17) is 9.84 Å². The van der Waals surface area contributed by atoms with Crippen LogP contribution in [0, 0.1) is 5.82 Å². The van der Waals surface area contributed by atoms with Crippen molar-refractivity contribution in [1.29, 1.82) is 0 Å². The van der Waals surface area contributed by atoms with E-state index in [1.807, 2.05) is 0 Å². The number of nitrogens with zero attached hydrogens (tertiary/aromatic N) is 1. The molecule has 0 aliphatic heterocycles. The minimum absolute atomic E-state index is 0.0712. The van der Waals surface area contributed by atoms with Crippen molar-refractivity contribution >= 4 is 29.3 Å². The Balaban J connectivity index is 1.62. The van der Waals surface area contributed by atoms with Crippen molar-refractivity contribution in [3.63, 3.8) is 0 Å². The minimum Gasteiger partial charge on any atom is -0.481 e. The van der Waals surface area contributed by atoms with E-state index in [9.17, 15) is 18.8 Å². The van der Waals surface area contributed by atoms with Crippen LogP contribution >= 0.6 is 0 Å². The summed E-state index contributed by atoms with van der Waals surface area (Å²) in [6.45, 7) is 0. The first-order chi connectivity index (χ1) is 15.3. The largest absolute Gasteiger partial charge is 0.481 e. The van der Waals surface area contributed by atoms with E-state index < -0.39 is 17.8 Å². The second-order valence-corrected chi connectivity index (χ2v) is 6.55. The van der Waals surface area contributed by atoms with Crippen LogP contribution < -0.4 is 20.7 Å². The molecule has 0 bridgehead atoms. The average molecular weight is 438 g/mol. The Morgan fingerprint density at radius 1 is 1.00 bits per heavy atom. The molecule has 1 aromatic heterocycles. The number of pyridine rings is 1. The van der Waals surface area contributed by atoms with Crippen molar-refractivity contribution in [2.24, 2.45) is 0 Å². The van der Waals surface area contributed by atoms with Crippen LogP contribution in [0.3, 0.4) is 0 Å². The predicted molar refractivity (Wildman–Crippen MR) is 115 cm³/mol. The maximum Gasteiger partial charge on any atom is 0.323 e. The fraction of sp³-hybridized carbons (Fsp3) is 0.0909. The molecule has 0 saturated carbocycles. The van der Waals surface area contributed by atoms with Gasteiger partial charge in [0, 0.05) is 31.1 Å². The monoisotopic (exact) mass is 438 g/mol. The van der Waals surface area contributed by atoms with Crippen LogP contribution in [0.4, 0.5) is 20.6 Å². The number of ether oxygens (including phenoxy) is 1. The van der Waals surface area contributed by atoms with Gasteiger partial charge in [-0.1, -0.05) is 12.1 Å². The molecule has 0 unspecified atom stereocenters. The third kappa shape index (κ3) is 6.02. The summed E-state index contributed by atoms with van der Waals surface area (Å²) in [4.78, 5) is 38.4. The van der Waals surface area contributed by atoms with E-state index in [0.717, 1.165) is 6.07 Å². The number of carbonyl (C=O) groups is 3. The Bertz CT molecular complexity index is 1150. The number of nitrogens with one attached hydrogen (secondary N) is 3. The van der Waals surface area contributed by atoms with Crippen LogP contribution in [0.15, 0.2) is 60.8 Å². The molecule has 0 aliphatic carbocycles. The molecule has 1 heterocycles. The molecule has 164 valence electrons. The zero-order valence-electron chi connectivity index (χ0n) is 16.9. The van der Waals surface area contributed by atoms with E-state index in [1.54, 1.807) is 24.3 Å². The fourth-order valence-electron chi connectivity index (χ4n) is 2.69. The summed E-state index contributed by atoms with van der Waals surface area (Å²) in [6.07, 6.45) is 1.27. The topological polar surface area (TPSA) is 130 Å². The first-order valence-corrected chi connectivity index (χ1v) is 9.38. The van der Waals surface area contributed by atoms with Crippen molar-refractivity contribution in [3.05, 3.63) is 77.9 Å². The molecule has 4 N–H and O–H groups in total. The van der Waals surface area contributed by atoms with Crippen LogP contribution in [0.2, 0.25) is 0 Å². The van der Waals surface area contributed by atoms with E-state index in [0.29, 0.717) is 17.0 Å². The standard InChI is InChI=1S/C22H19FN4O5/c1-24-21(30)19-12-16(8-9-25-19)32-15-6-7-18(17(23)11-15)27-22(31)26-14-4-2-13(3-5-14)10-20(28)29/h2-9,11-12H,10H2,1H3,(H,24,30)(H,28,29)(H2,26,27,31). The second-order valence-electron chi connectivity index (χ2n) is 6.55. The molecule has 0 saturated heterocycles. The van der Waals surface area contributed by atoms with E-state index in [2.05, 4.69) is 20.9 Å². The average Bonchev–Trinajstić information content (AvgIpc) is 2.76. The van der Waals surface area contributed by atoms with Crippen LogP contribution in [0.5, 0.6) is 11.5 Å². The number of urea groups is 1. The van der Waals surface area contributed by atoms with Crippen molar-refractivity contribution in [1.82, 2.24) is 10.3 Å². The maximum absolute atomic E-state index is 14.4. The number of hydrogen-bond acceptors (Lipinski definition) is 5. The lowest BCUT2D eigenvalue weighted by molar-refractivity contribution is -0.136. The Labute approximate surface area is 182 Å². The first-order valence-electron chi connectivity index (χ1n) is 9.38. The lowest BCUT2D eigenvalue weighted by Gasteiger charge is -2.11. The number of aliphatic carboxylic acids is 1. The summed E-state index contributed by atoms with van der Waals surface area (Å²) in [5, 5.41) is 16.1. The summed E-state index contributed by atoms with van der Waals surface area (Å²) in [6, 6.07) is 12.4. The smallest absolute Gasteiger partial charge is 0.323 e. The number of amides is 3. The Kier molecular flexibility index (Phi) is 6.96. The fourth-order valence-corrected chi connectivity index (χ4v) is 2.69. The highest BCUT2D eigenvalue weighted by Gasteiger charge is 2.11. The molecule has 0 radical (unpaired) electrons. The Morgan fingerprint density at radius 2 is 1.72 bits per heavy atom. The van der Waals surface area contributed by atoms with Gasteiger partial charge in [-0.25, -0.2) is 9.18 Å². The third-order valence-electron chi connectivity index (χ3n) is 4.18. The molecule has 0 aliphatic rings. The SMILES string of the molecule is CNC(=O)c1cc(Oc2ccc(NC(=O)Nc3ccc(CC(=O)O)cc3)c(F)c2)ccn1. The number of rotatable bonds is 7. The van der Waals surface area contributed by atoms with Crippen LogP contribution in [-0.2, 0) is 11.2 Å². The van der Waals surface area contributed by atoms with Gasteiger partial charge in [-0.05, 0) is 35.9 Å². The van der Waals surface area contributed by atoms with Crippen LogP contribution in [0.25, 0.3) is 0 Å². The summed E-state index contributed by atoms with van der Waals surface area (Å²) in [5.41, 5.74) is 1.08. The molecule has 10 heteroatoms. The molecule has 3 amide bonds. The summed E-state index contributed by atoms with van der Waals surface area (Å²) < 4.78 is 20.0. The molecule has 0 fully saturated rings. The molecule has 3 aromatic rings. The van der Waals surface area contributed by atoms with Crippen molar-refractivity contribution in [2.75, 3.05) is 17.7 Å². The highest BCUT2D eigenvalue weighted by Crippen LogP contribution is 2.26. The van der Waals surface area contributed by atoms with Crippen molar-refractivity contribution in [2.45, 2.75) is 6.42 Å². The number of hydrogen-bond donors (Lipinski definition) is 4. The molecular formula is C22H19FN4O5. The quantitative estimate of drug-likeness (QED) is 0.446. The van der Waals surface area contributed by atoms with Gasteiger partial charge in [-0.2, -0.15) is 0 Å². The number of benzene rings is 2. The molecular weight excluding hydrogens is 419 g/mol. The van der Waals surface area contributed by atoms with Crippen LogP contribution in [-0.4, -0.2) is 35.0 Å². The lowest BCUT2D eigenvalue weighted by atomic mass is 10.1. The van der Waals surface area contributed by atoms with Crippen LogP contribution in [0.1, 0.15) is 16.1 Å². The highest BCUT2D eigenvalue weighted by atomic mass is 19.1. The Morgan fingerprint density at radius 3 is 2.38 bits per heavy atom. The summed E-state index contributed by atoms with van der Waals surface area (Å²) in [5.74, 6) is -1.61. The van der Waals surface area contributed by atoms with E-state index in [1.165, 1.54) is 37.5 Å². The van der Waals surface area contributed by atoms with Crippen molar-refractivity contribution < 1.29 is 28.6 Å². The number of anilines is 2. The van der Waals surface area contributed by atoms with Gasteiger partial charge in [0.2, 0.25) is 0 Å². The maximum atomic E-state index is 14.4. The molecule has 3 rings (SSSR count). The van der Waals surface area contributed by atoms with Gasteiger partial charge in [0.1, 0.15) is 23.0 Å². The third-order valence-corrected chi connectivity index (χ3v) is 4.18. The number of carbonyl (C=O) groups excluding carboxylic acids is 2. The second kappa shape index (κ2) is 10.0. The summed E-state index contributed by atoms with van der Waals surface area (Å²) >= 11 is 0.